The van der Waals surface area contributed by atoms with E-state index in [9.17, 15) is 4.79 Å². The molecule has 1 unspecified atom stereocenters. The molecule has 194 valence electrons. The van der Waals surface area contributed by atoms with Crippen molar-refractivity contribution in [3.05, 3.63) is 58.1 Å². The largest absolute Gasteiger partial charge is 0.353 e. The summed E-state index contributed by atoms with van der Waals surface area (Å²) in [4.78, 5) is 22.6. The Kier molecular flexibility index (Phi) is 9.66. The Morgan fingerprint density at radius 2 is 1.83 bits per heavy atom. The highest BCUT2D eigenvalue weighted by molar-refractivity contribution is 6.35. The Hall–Kier alpha value is -2.12. The number of hydrogen-bond donors (Lipinski definition) is 2. The van der Waals surface area contributed by atoms with Gasteiger partial charge in [-0.2, -0.15) is 0 Å². The molecule has 0 bridgehead atoms. The minimum absolute atomic E-state index is 0.0494. The molecule has 0 aliphatic carbocycles. The normalized spacial score (nSPS) is 21.4. The van der Waals surface area contributed by atoms with Gasteiger partial charge in [-0.15, -0.1) is 0 Å². The summed E-state index contributed by atoms with van der Waals surface area (Å²) in [7, 11) is 0. The van der Waals surface area contributed by atoms with Crippen molar-refractivity contribution < 1.29 is 4.79 Å². The zero-order chi connectivity index (χ0) is 25.5. The molecule has 2 saturated heterocycles. The van der Waals surface area contributed by atoms with Gasteiger partial charge in [0.1, 0.15) is 5.84 Å². The van der Waals surface area contributed by atoms with Crippen molar-refractivity contribution in [3.8, 4) is 0 Å². The summed E-state index contributed by atoms with van der Waals surface area (Å²) in [6.07, 6.45) is 4.76. The summed E-state index contributed by atoms with van der Waals surface area (Å²) in [5.41, 5.74) is 2.59. The first-order valence-corrected chi connectivity index (χ1v) is 13.8. The Balaban J connectivity index is 1.40. The van der Waals surface area contributed by atoms with E-state index >= 15 is 0 Å². The van der Waals surface area contributed by atoms with Gasteiger partial charge in [-0.1, -0.05) is 35.7 Å². The molecule has 6 nitrogen and oxygen atoms in total. The first-order valence-electron chi connectivity index (χ1n) is 13.0. The first kappa shape index (κ1) is 26.9. The molecule has 2 aromatic rings. The average molecular weight is 531 g/mol. The number of halogens is 2. The van der Waals surface area contributed by atoms with Crippen LogP contribution in [0, 0.1) is 0 Å². The predicted octanol–water partition coefficient (Wildman–Crippen LogP) is 5.76. The van der Waals surface area contributed by atoms with E-state index in [1.807, 2.05) is 30.3 Å². The van der Waals surface area contributed by atoms with Gasteiger partial charge in [0.15, 0.2) is 0 Å². The van der Waals surface area contributed by atoms with Crippen LogP contribution in [0.2, 0.25) is 10.0 Å². The number of piperidine rings is 1. The van der Waals surface area contributed by atoms with Gasteiger partial charge >= 0.3 is 0 Å². The smallest absolute Gasteiger partial charge is 0.224 e. The summed E-state index contributed by atoms with van der Waals surface area (Å²) in [6.45, 7) is 9.58. The van der Waals surface area contributed by atoms with Crippen molar-refractivity contribution >= 4 is 46.3 Å². The van der Waals surface area contributed by atoms with Gasteiger partial charge < -0.3 is 15.5 Å². The van der Waals surface area contributed by atoms with Gasteiger partial charge in [0.2, 0.25) is 5.91 Å². The zero-order valence-electron chi connectivity index (χ0n) is 21.3. The highest BCUT2D eigenvalue weighted by atomic mass is 35.5. The summed E-state index contributed by atoms with van der Waals surface area (Å²) >= 11 is 12.2. The molecule has 2 aliphatic heterocycles. The molecule has 8 heteroatoms. The maximum Gasteiger partial charge on any atom is 0.224 e. The van der Waals surface area contributed by atoms with Gasteiger partial charge in [-0.3, -0.25) is 9.69 Å². The third kappa shape index (κ3) is 7.69. The lowest BCUT2D eigenvalue weighted by atomic mass is 10.1. The maximum absolute atomic E-state index is 12.5. The van der Waals surface area contributed by atoms with Crippen LogP contribution in [0.15, 0.2) is 47.5 Å². The highest BCUT2D eigenvalue weighted by Gasteiger charge is 2.26. The number of rotatable bonds is 7. The second-order valence-electron chi connectivity index (χ2n) is 10.0. The molecule has 0 radical (unpaired) electrons. The van der Waals surface area contributed by atoms with Crippen LogP contribution in [-0.2, 0) is 11.2 Å². The van der Waals surface area contributed by atoms with Crippen LogP contribution >= 0.6 is 23.2 Å². The number of anilines is 1. The van der Waals surface area contributed by atoms with E-state index in [2.05, 4.69) is 34.3 Å². The number of piperazine rings is 1. The molecule has 4 rings (SSSR count). The van der Waals surface area contributed by atoms with Crippen LogP contribution in [0.25, 0.3) is 0 Å². The molecule has 2 N–H and O–H groups in total. The summed E-state index contributed by atoms with van der Waals surface area (Å²) < 4.78 is 0. The number of likely N-dealkylation sites (tertiary alicyclic amines) is 1. The number of carbonyl (C=O) groups is 1. The SMILES string of the molecule is CC1CN[C@@H](C)CN1C(CN1CCCCC1)=Nc1ccc(NC(=O)CCc2ccc(Cl)cc2Cl)cc1. The second kappa shape index (κ2) is 12.9. The van der Waals surface area contributed by atoms with Gasteiger partial charge in [0.05, 0.1) is 12.2 Å². The van der Waals surface area contributed by atoms with Crippen molar-refractivity contribution in [1.29, 1.82) is 0 Å². The number of amides is 1. The Morgan fingerprint density at radius 3 is 2.56 bits per heavy atom. The van der Waals surface area contributed by atoms with Crippen LogP contribution < -0.4 is 10.6 Å². The van der Waals surface area contributed by atoms with Crippen molar-refractivity contribution in [2.24, 2.45) is 4.99 Å². The molecule has 2 fully saturated rings. The summed E-state index contributed by atoms with van der Waals surface area (Å²) in [5.74, 6) is 1.08. The Labute approximate surface area is 225 Å². The third-order valence-corrected chi connectivity index (χ3v) is 7.54. The molecule has 2 aromatic carbocycles. The molecular weight excluding hydrogens is 493 g/mol. The third-order valence-electron chi connectivity index (χ3n) is 6.96. The predicted molar refractivity (Wildman–Crippen MR) is 151 cm³/mol. The number of nitrogens with zero attached hydrogens (tertiary/aromatic N) is 3. The van der Waals surface area contributed by atoms with E-state index in [1.165, 1.54) is 19.3 Å². The van der Waals surface area contributed by atoms with E-state index in [4.69, 9.17) is 28.2 Å². The lowest BCUT2D eigenvalue weighted by molar-refractivity contribution is -0.116. The van der Waals surface area contributed by atoms with E-state index in [1.54, 1.807) is 12.1 Å². The fourth-order valence-electron chi connectivity index (χ4n) is 4.85. The number of aryl methyl sites for hydroxylation is 1. The van der Waals surface area contributed by atoms with Gasteiger partial charge in [0, 0.05) is 47.3 Å². The van der Waals surface area contributed by atoms with E-state index in [0.29, 0.717) is 35.0 Å². The number of nitrogens with one attached hydrogen (secondary N) is 2. The number of amidine groups is 1. The van der Waals surface area contributed by atoms with E-state index in [-0.39, 0.29) is 5.91 Å². The molecule has 2 aliphatic rings. The Bertz CT molecular complexity index is 1050. The molecule has 0 saturated carbocycles. The van der Waals surface area contributed by atoms with Crippen molar-refractivity contribution in [1.82, 2.24) is 15.1 Å². The van der Waals surface area contributed by atoms with E-state index in [0.717, 1.165) is 55.5 Å². The molecular formula is C28H37Cl2N5O. The number of aliphatic imine (C=N–C) groups is 1. The lowest BCUT2D eigenvalue weighted by Gasteiger charge is -2.41. The van der Waals surface area contributed by atoms with E-state index < -0.39 is 0 Å². The number of carbonyl (C=O) groups excluding carboxylic acids is 1. The van der Waals surface area contributed by atoms with Gasteiger partial charge in [-0.25, -0.2) is 4.99 Å². The molecule has 2 atom stereocenters. The zero-order valence-corrected chi connectivity index (χ0v) is 22.8. The molecule has 0 spiro atoms. The molecule has 1 amide bonds. The van der Waals surface area contributed by atoms with Crippen molar-refractivity contribution in [2.45, 2.75) is 58.0 Å². The van der Waals surface area contributed by atoms with Crippen LogP contribution in [0.5, 0.6) is 0 Å². The van der Waals surface area contributed by atoms with Gasteiger partial charge in [0.25, 0.3) is 0 Å². The first-order chi connectivity index (χ1) is 17.4. The topological polar surface area (TPSA) is 60.0 Å². The van der Waals surface area contributed by atoms with Crippen molar-refractivity contribution in [2.75, 3.05) is 38.0 Å². The van der Waals surface area contributed by atoms with Crippen LogP contribution in [0.3, 0.4) is 0 Å². The monoisotopic (exact) mass is 529 g/mol. The average Bonchev–Trinajstić information content (AvgIpc) is 2.86. The fraction of sp³-hybridized carbons (Fsp3) is 0.500. The second-order valence-corrected chi connectivity index (χ2v) is 10.8. The van der Waals surface area contributed by atoms with Gasteiger partial charge in [-0.05, 0) is 88.2 Å². The Morgan fingerprint density at radius 1 is 1.08 bits per heavy atom. The maximum atomic E-state index is 12.5. The van der Waals surface area contributed by atoms with Crippen LogP contribution in [0.1, 0.15) is 45.1 Å². The summed E-state index contributed by atoms with van der Waals surface area (Å²) in [5, 5.41) is 7.74. The summed E-state index contributed by atoms with van der Waals surface area (Å²) in [6, 6.07) is 14.0. The molecule has 36 heavy (non-hydrogen) atoms. The molecule has 2 heterocycles. The number of benzene rings is 2. The minimum Gasteiger partial charge on any atom is -0.353 e. The highest BCUT2D eigenvalue weighted by Crippen LogP contribution is 2.23. The quantitative estimate of drug-likeness (QED) is 0.353. The molecule has 0 aromatic heterocycles. The van der Waals surface area contributed by atoms with Crippen molar-refractivity contribution in [3.63, 3.8) is 0 Å². The van der Waals surface area contributed by atoms with Crippen LogP contribution in [-0.4, -0.2) is 66.4 Å². The lowest BCUT2D eigenvalue weighted by Crippen LogP contribution is -2.58. The van der Waals surface area contributed by atoms with Crippen LogP contribution in [0.4, 0.5) is 11.4 Å². The minimum atomic E-state index is -0.0494. The standard InChI is InChI=1S/C28H37Cl2N5O/c1-20-18-35(21(2)17-31-20)27(19-34-14-4-3-5-15-34)32-24-9-11-25(12-10-24)33-28(36)13-7-22-6-8-23(29)16-26(22)30/h6,8-12,16,20-21,31H,3-5,7,13-15,17-19H2,1-2H3,(H,33,36)/t20-,21?/m0/s1. The fourth-order valence-corrected chi connectivity index (χ4v) is 5.36. The number of hydrogen-bond acceptors (Lipinski definition) is 4.